The van der Waals surface area contributed by atoms with Crippen molar-refractivity contribution in [3.63, 3.8) is 0 Å². The lowest BCUT2D eigenvalue weighted by molar-refractivity contribution is -0.0881. The Hall–Kier alpha value is -1.30. The van der Waals surface area contributed by atoms with Crippen LogP contribution < -0.4 is 5.32 Å². The van der Waals surface area contributed by atoms with E-state index in [4.69, 9.17) is 16.3 Å². The van der Waals surface area contributed by atoms with Gasteiger partial charge in [0.1, 0.15) is 0 Å². The van der Waals surface area contributed by atoms with E-state index >= 15 is 0 Å². The number of morpholine rings is 1. The average molecular weight is 338 g/mol. The summed E-state index contributed by atoms with van der Waals surface area (Å²) in [6, 6.07) is 6.04. The van der Waals surface area contributed by atoms with Gasteiger partial charge in [0.05, 0.1) is 18.8 Å². The molecule has 2 heterocycles. The van der Waals surface area contributed by atoms with Gasteiger partial charge in [-0.15, -0.1) is 0 Å². The Morgan fingerprint density at radius 3 is 3.09 bits per heavy atom. The van der Waals surface area contributed by atoms with E-state index in [1.54, 1.807) is 0 Å². The van der Waals surface area contributed by atoms with E-state index in [0.717, 1.165) is 43.8 Å². The number of carbonyl (C=O) groups excluding carboxylic acids is 1. The summed E-state index contributed by atoms with van der Waals surface area (Å²) < 4.78 is 5.82. The van der Waals surface area contributed by atoms with Crippen LogP contribution in [0.25, 0.3) is 0 Å². The number of urea groups is 1. The van der Waals surface area contributed by atoms with Crippen molar-refractivity contribution in [1.29, 1.82) is 0 Å². The van der Waals surface area contributed by atoms with Crippen molar-refractivity contribution in [1.82, 2.24) is 15.1 Å². The number of rotatable bonds is 2. The van der Waals surface area contributed by atoms with Crippen LogP contribution in [0.2, 0.25) is 5.02 Å². The molecule has 0 bridgehead atoms. The molecule has 23 heavy (non-hydrogen) atoms. The minimum Gasteiger partial charge on any atom is -0.375 e. The Labute approximate surface area is 142 Å². The highest BCUT2D eigenvalue weighted by Gasteiger charge is 2.36. The molecule has 1 N–H and O–H groups in total. The van der Waals surface area contributed by atoms with Gasteiger partial charge in [0.25, 0.3) is 0 Å². The molecule has 0 aromatic heterocycles. The largest absolute Gasteiger partial charge is 0.375 e. The van der Waals surface area contributed by atoms with Crippen LogP contribution in [0, 0.1) is 6.92 Å². The number of ether oxygens (including phenoxy) is 1. The van der Waals surface area contributed by atoms with Crippen molar-refractivity contribution in [2.45, 2.75) is 32.0 Å². The maximum atomic E-state index is 12.5. The molecule has 2 amide bonds. The van der Waals surface area contributed by atoms with Crippen molar-refractivity contribution in [2.24, 2.45) is 0 Å². The predicted octanol–water partition coefficient (Wildman–Crippen LogP) is 2.26. The lowest BCUT2D eigenvalue weighted by atomic mass is 9.99. The second kappa shape index (κ2) is 7.07. The number of hydrogen-bond acceptors (Lipinski definition) is 3. The van der Waals surface area contributed by atoms with Crippen molar-refractivity contribution in [2.75, 3.05) is 33.3 Å². The predicted molar refractivity (Wildman–Crippen MR) is 90.8 cm³/mol. The van der Waals surface area contributed by atoms with E-state index in [-0.39, 0.29) is 12.1 Å². The number of aryl methyl sites for hydroxylation is 1. The van der Waals surface area contributed by atoms with Gasteiger partial charge in [0, 0.05) is 31.2 Å². The summed E-state index contributed by atoms with van der Waals surface area (Å²) >= 11 is 6.03. The number of amides is 2. The number of nitrogens with zero attached hydrogens (tertiary/aromatic N) is 2. The van der Waals surface area contributed by atoms with Crippen molar-refractivity contribution in [3.05, 3.63) is 34.3 Å². The highest BCUT2D eigenvalue weighted by Crippen LogP contribution is 2.22. The molecule has 126 valence electrons. The molecule has 0 spiro atoms. The Balaban J connectivity index is 1.57. The number of piperidine rings is 1. The van der Waals surface area contributed by atoms with Crippen LogP contribution in [0.4, 0.5) is 4.79 Å². The highest BCUT2D eigenvalue weighted by molar-refractivity contribution is 6.30. The SMILES string of the molecule is Cc1ccc(Cl)cc1CNC(=O)N1CC[C@@H]2OCCN(C)[C@@H]2C1. The fourth-order valence-corrected chi connectivity index (χ4v) is 3.53. The number of likely N-dealkylation sites (N-methyl/N-ethyl adjacent to an activating group) is 1. The molecule has 2 aliphatic heterocycles. The van der Waals surface area contributed by atoms with Crippen LogP contribution in [-0.2, 0) is 11.3 Å². The summed E-state index contributed by atoms with van der Waals surface area (Å²) in [5.74, 6) is 0. The van der Waals surface area contributed by atoms with Gasteiger partial charge < -0.3 is 15.0 Å². The Morgan fingerprint density at radius 1 is 1.43 bits per heavy atom. The Bertz CT molecular complexity index is 581. The van der Waals surface area contributed by atoms with Gasteiger partial charge in [0.2, 0.25) is 0 Å². The van der Waals surface area contributed by atoms with Crippen LogP contribution >= 0.6 is 11.6 Å². The Morgan fingerprint density at radius 2 is 2.26 bits per heavy atom. The monoisotopic (exact) mass is 337 g/mol. The molecule has 1 aromatic rings. The van der Waals surface area contributed by atoms with Crippen LogP contribution in [0.3, 0.4) is 0 Å². The molecule has 2 atom stereocenters. The number of carbonyl (C=O) groups is 1. The second-order valence-corrected chi connectivity index (χ2v) is 6.86. The molecule has 3 rings (SSSR count). The van der Waals surface area contributed by atoms with E-state index in [1.165, 1.54) is 0 Å². The molecule has 2 saturated heterocycles. The third-order valence-electron chi connectivity index (χ3n) is 4.89. The number of nitrogens with one attached hydrogen (secondary N) is 1. The molecule has 6 heteroatoms. The molecule has 5 nitrogen and oxygen atoms in total. The zero-order valence-electron chi connectivity index (χ0n) is 13.7. The first kappa shape index (κ1) is 16.6. The first-order valence-electron chi connectivity index (χ1n) is 8.14. The number of benzene rings is 1. The minimum absolute atomic E-state index is 0.0122. The van der Waals surface area contributed by atoms with Crippen molar-refractivity contribution >= 4 is 17.6 Å². The first-order valence-corrected chi connectivity index (χ1v) is 8.52. The topological polar surface area (TPSA) is 44.8 Å². The average Bonchev–Trinajstić information content (AvgIpc) is 2.55. The third-order valence-corrected chi connectivity index (χ3v) is 5.13. The number of hydrogen-bond donors (Lipinski definition) is 1. The third kappa shape index (κ3) is 3.79. The van der Waals surface area contributed by atoms with Gasteiger partial charge in [-0.3, -0.25) is 4.90 Å². The van der Waals surface area contributed by atoms with Crippen LogP contribution in [0.5, 0.6) is 0 Å². The maximum Gasteiger partial charge on any atom is 0.317 e. The summed E-state index contributed by atoms with van der Waals surface area (Å²) in [5.41, 5.74) is 2.19. The van der Waals surface area contributed by atoms with Gasteiger partial charge in [-0.25, -0.2) is 4.79 Å². The van der Waals surface area contributed by atoms with E-state index in [0.29, 0.717) is 17.6 Å². The van der Waals surface area contributed by atoms with Gasteiger partial charge >= 0.3 is 6.03 Å². The highest BCUT2D eigenvalue weighted by atomic mass is 35.5. The van der Waals surface area contributed by atoms with E-state index in [2.05, 4.69) is 17.3 Å². The van der Waals surface area contributed by atoms with Gasteiger partial charge in [-0.05, 0) is 43.7 Å². The van der Waals surface area contributed by atoms with Gasteiger partial charge in [0.15, 0.2) is 0 Å². The summed E-state index contributed by atoms with van der Waals surface area (Å²) in [7, 11) is 2.11. The van der Waals surface area contributed by atoms with Gasteiger partial charge in [-0.2, -0.15) is 0 Å². The van der Waals surface area contributed by atoms with Crippen LogP contribution in [0.1, 0.15) is 17.5 Å². The molecule has 1 aromatic carbocycles. The summed E-state index contributed by atoms with van der Waals surface area (Å²) in [5, 5.41) is 3.71. The standard InChI is InChI=1S/C17H24ClN3O2/c1-12-3-4-14(18)9-13(12)10-19-17(22)21-6-5-16-15(11-21)20(2)7-8-23-16/h3-4,9,15-16H,5-8,10-11H2,1-2H3,(H,19,22)/t15-,16+/m1/s1. The minimum atomic E-state index is -0.0122. The van der Waals surface area contributed by atoms with E-state index in [1.807, 2.05) is 30.0 Å². The Kier molecular flexibility index (Phi) is 5.09. The summed E-state index contributed by atoms with van der Waals surface area (Å²) in [4.78, 5) is 16.7. The lowest BCUT2D eigenvalue weighted by Gasteiger charge is -2.45. The normalized spacial score (nSPS) is 25.1. The zero-order chi connectivity index (χ0) is 16.4. The molecule has 0 radical (unpaired) electrons. The summed E-state index contributed by atoms with van der Waals surface area (Å²) in [6.07, 6.45) is 1.16. The van der Waals surface area contributed by atoms with Crippen molar-refractivity contribution in [3.8, 4) is 0 Å². The maximum absolute atomic E-state index is 12.5. The fourth-order valence-electron chi connectivity index (χ4n) is 3.34. The summed E-state index contributed by atoms with van der Waals surface area (Å²) in [6.45, 7) is 5.72. The first-order chi connectivity index (χ1) is 11.0. The molecule has 2 fully saturated rings. The number of likely N-dealkylation sites (tertiary alicyclic amines) is 1. The molecule has 0 saturated carbocycles. The number of halogens is 1. The number of fused-ring (bicyclic) bond motifs is 1. The quantitative estimate of drug-likeness (QED) is 0.900. The van der Waals surface area contributed by atoms with Crippen LogP contribution in [0.15, 0.2) is 18.2 Å². The van der Waals surface area contributed by atoms with Gasteiger partial charge in [-0.1, -0.05) is 17.7 Å². The molecule has 0 unspecified atom stereocenters. The molecular formula is C17H24ClN3O2. The van der Waals surface area contributed by atoms with Crippen LogP contribution in [-0.4, -0.2) is 61.3 Å². The van der Waals surface area contributed by atoms with E-state index in [9.17, 15) is 4.79 Å². The molecular weight excluding hydrogens is 314 g/mol. The molecule has 0 aliphatic carbocycles. The smallest absolute Gasteiger partial charge is 0.317 e. The fraction of sp³-hybridized carbons (Fsp3) is 0.588. The van der Waals surface area contributed by atoms with Crippen molar-refractivity contribution < 1.29 is 9.53 Å². The second-order valence-electron chi connectivity index (χ2n) is 6.42. The molecule has 2 aliphatic rings. The van der Waals surface area contributed by atoms with E-state index < -0.39 is 0 Å². The lowest BCUT2D eigenvalue weighted by Crippen LogP contribution is -2.60. The zero-order valence-corrected chi connectivity index (χ0v) is 14.5.